The minimum atomic E-state index is -0.944. The molecule has 0 spiro atoms. The normalized spacial score (nSPS) is 22.5. The second-order valence-electron chi connectivity index (χ2n) is 4.97. The maximum absolute atomic E-state index is 12.9. The Balaban J connectivity index is 2.10. The lowest BCUT2D eigenvalue weighted by atomic mass is 10.0. The molecule has 19 heavy (non-hydrogen) atoms. The van der Waals surface area contributed by atoms with E-state index in [9.17, 15) is 19.4 Å². The number of aliphatic hydroxyl groups is 1. The van der Waals surface area contributed by atoms with E-state index in [4.69, 9.17) is 0 Å². The van der Waals surface area contributed by atoms with Crippen molar-refractivity contribution in [3.05, 3.63) is 29.6 Å². The van der Waals surface area contributed by atoms with Gasteiger partial charge in [0.2, 0.25) is 0 Å². The highest BCUT2D eigenvalue weighted by Gasteiger charge is 2.33. The number of hydrogen-bond donors (Lipinski definition) is 3. The number of nitrogens with zero attached hydrogens (tertiary/aromatic N) is 1. The van der Waals surface area contributed by atoms with Crippen molar-refractivity contribution in [2.45, 2.75) is 12.0 Å². The van der Waals surface area contributed by atoms with Gasteiger partial charge in [-0.05, 0) is 25.1 Å². The molecule has 1 aromatic rings. The molecule has 0 aliphatic carbocycles. The van der Waals surface area contributed by atoms with E-state index in [1.54, 1.807) is 7.05 Å². The number of aromatic hydroxyl groups is 1. The second kappa shape index (κ2) is 5.14. The number of carbonyl (C=O) groups excluding carboxylic acids is 1. The van der Waals surface area contributed by atoms with Crippen LogP contribution in [0.4, 0.5) is 4.39 Å². The lowest BCUT2D eigenvalue weighted by Crippen LogP contribution is -2.45. The molecule has 5 nitrogen and oxygen atoms in total. The van der Waals surface area contributed by atoms with Crippen molar-refractivity contribution in [2.75, 3.05) is 26.7 Å². The molecule has 1 unspecified atom stereocenters. The monoisotopic (exact) mass is 268 g/mol. The molecule has 2 rings (SSSR count). The molecule has 0 radical (unpaired) electrons. The molecule has 1 aromatic carbocycles. The van der Waals surface area contributed by atoms with Crippen LogP contribution in [0.1, 0.15) is 16.8 Å². The number of likely N-dealkylation sites (N-methyl/N-ethyl adjacent to an activating group) is 1. The van der Waals surface area contributed by atoms with Gasteiger partial charge in [-0.15, -0.1) is 0 Å². The van der Waals surface area contributed by atoms with Crippen LogP contribution in [0.25, 0.3) is 0 Å². The predicted molar refractivity (Wildman–Crippen MR) is 67.5 cm³/mol. The van der Waals surface area contributed by atoms with Gasteiger partial charge < -0.3 is 20.4 Å². The van der Waals surface area contributed by atoms with Crippen LogP contribution in [0.2, 0.25) is 0 Å². The van der Waals surface area contributed by atoms with E-state index >= 15 is 0 Å². The van der Waals surface area contributed by atoms with Crippen LogP contribution < -0.4 is 5.32 Å². The van der Waals surface area contributed by atoms with Gasteiger partial charge in [-0.25, -0.2) is 4.39 Å². The SMILES string of the molecule is CN(CC1(O)CCNC1)C(=O)c1ccc(F)cc1O. The Morgan fingerprint density at radius 1 is 1.58 bits per heavy atom. The first-order valence-electron chi connectivity index (χ1n) is 6.08. The number of amides is 1. The Hall–Kier alpha value is -1.66. The Kier molecular flexibility index (Phi) is 3.73. The number of phenolic OH excluding ortho intramolecular Hbond substituents is 1. The van der Waals surface area contributed by atoms with Gasteiger partial charge in [-0.2, -0.15) is 0 Å². The average molecular weight is 268 g/mol. The molecule has 0 saturated carbocycles. The molecule has 0 bridgehead atoms. The van der Waals surface area contributed by atoms with Crippen molar-refractivity contribution in [2.24, 2.45) is 0 Å². The van der Waals surface area contributed by atoms with Crippen molar-refractivity contribution in [1.82, 2.24) is 10.2 Å². The summed E-state index contributed by atoms with van der Waals surface area (Å²) in [5.41, 5.74) is -0.918. The fraction of sp³-hybridized carbons (Fsp3) is 0.462. The van der Waals surface area contributed by atoms with E-state index in [1.807, 2.05) is 0 Å². The first-order valence-corrected chi connectivity index (χ1v) is 6.08. The molecule has 1 fully saturated rings. The molecule has 1 amide bonds. The van der Waals surface area contributed by atoms with Gasteiger partial charge in [0.15, 0.2) is 0 Å². The number of hydrogen-bond acceptors (Lipinski definition) is 4. The van der Waals surface area contributed by atoms with Crippen LogP contribution in [0.3, 0.4) is 0 Å². The fourth-order valence-electron chi connectivity index (χ4n) is 2.27. The molecule has 6 heteroatoms. The smallest absolute Gasteiger partial charge is 0.257 e. The maximum Gasteiger partial charge on any atom is 0.257 e. The lowest BCUT2D eigenvalue weighted by molar-refractivity contribution is 0.0251. The third kappa shape index (κ3) is 3.02. The summed E-state index contributed by atoms with van der Waals surface area (Å²) in [5.74, 6) is -1.44. The van der Waals surface area contributed by atoms with Crippen molar-refractivity contribution < 1.29 is 19.4 Å². The van der Waals surface area contributed by atoms with Crippen LogP contribution >= 0.6 is 0 Å². The van der Waals surface area contributed by atoms with Crippen LogP contribution in [0.15, 0.2) is 18.2 Å². The quantitative estimate of drug-likeness (QED) is 0.738. The van der Waals surface area contributed by atoms with Gasteiger partial charge >= 0.3 is 0 Å². The molecular formula is C13H17FN2O3. The number of halogens is 1. The summed E-state index contributed by atoms with van der Waals surface area (Å²) in [7, 11) is 1.54. The Morgan fingerprint density at radius 3 is 2.89 bits per heavy atom. The molecule has 1 aliphatic rings. The largest absolute Gasteiger partial charge is 0.507 e. The maximum atomic E-state index is 12.9. The zero-order valence-electron chi connectivity index (χ0n) is 10.7. The molecule has 1 aliphatic heterocycles. The van der Waals surface area contributed by atoms with E-state index in [0.717, 1.165) is 12.1 Å². The highest BCUT2D eigenvalue weighted by atomic mass is 19.1. The number of phenols is 1. The van der Waals surface area contributed by atoms with Crippen molar-refractivity contribution in [1.29, 1.82) is 0 Å². The van der Waals surface area contributed by atoms with Gasteiger partial charge in [0.05, 0.1) is 17.7 Å². The zero-order valence-corrected chi connectivity index (χ0v) is 10.7. The van der Waals surface area contributed by atoms with Crippen LogP contribution in [-0.2, 0) is 0 Å². The van der Waals surface area contributed by atoms with E-state index < -0.39 is 23.1 Å². The molecule has 3 N–H and O–H groups in total. The van der Waals surface area contributed by atoms with E-state index in [0.29, 0.717) is 19.5 Å². The first kappa shape index (κ1) is 13.8. The van der Waals surface area contributed by atoms with Gasteiger partial charge in [-0.3, -0.25) is 4.79 Å². The molecule has 1 heterocycles. The number of nitrogens with one attached hydrogen (secondary N) is 1. The standard InChI is InChI=1S/C13H17FN2O3/c1-16(8-13(19)4-5-15-7-13)12(18)10-3-2-9(14)6-11(10)17/h2-3,6,15,17,19H,4-5,7-8H2,1H3. The Morgan fingerprint density at radius 2 is 2.32 bits per heavy atom. The summed E-state index contributed by atoms with van der Waals surface area (Å²) in [6.07, 6.45) is 0.569. The van der Waals surface area contributed by atoms with E-state index in [2.05, 4.69) is 5.32 Å². The summed E-state index contributed by atoms with van der Waals surface area (Å²) < 4.78 is 12.9. The van der Waals surface area contributed by atoms with Gasteiger partial charge in [-0.1, -0.05) is 0 Å². The summed E-state index contributed by atoms with van der Waals surface area (Å²) in [6, 6.07) is 3.25. The first-order chi connectivity index (χ1) is 8.91. The van der Waals surface area contributed by atoms with Crippen LogP contribution in [0.5, 0.6) is 5.75 Å². The highest BCUT2D eigenvalue weighted by molar-refractivity contribution is 5.96. The number of β-amino-alcohol motifs (C(OH)–C–C–N with tert-alkyl or cyclic N) is 1. The van der Waals surface area contributed by atoms with E-state index in [-0.39, 0.29) is 12.1 Å². The molecule has 1 atom stereocenters. The van der Waals surface area contributed by atoms with Crippen molar-refractivity contribution in [3.8, 4) is 5.75 Å². The third-order valence-corrected chi connectivity index (χ3v) is 3.29. The Bertz CT molecular complexity index is 487. The second-order valence-corrected chi connectivity index (χ2v) is 4.97. The van der Waals surface area contributed by atoms with Crippen LogP contribution in [0, 0.1) is 5.82 Å². The zero-order chi connectivity index (χ0) is 14.0. The third-order valence-electron chi connectivity index (χ3n) is 3.29. The topological polar surface area (TPSA) is 72.8 Å². The number of rotatable bonds is 3. The minimum absolute atomic E-state index is 0.0263. The number of benzene rings is 1. The summed E-state index contributed by atoms with van der Waals surface area (Å²) >= 11 is 0. The van der Waals surface area contributed by atoms with Gasteiger partial charge in [0.25, 0.3) is 5.91 Å². The summed E-state index contributed by atoms with van der Waals surface area (Å²) in [6.45, 7) is 1.30. The Labute approximate surface area is 110 Å². The molecule has 0 aromatic heterocycles. The highest BCUT2D eigenvalue weighted by Crippen LogP contribution is 2.21. The molecular weight excluding hydrogens is 251 g/mol. The lowest BCUT2D eigenvalue weighted by Gasteiger charge is -2.28. The van der Waals surface area contributed by atoms with Gasteiger partial charge in [0.1, 0.15) is 11.6 Å². The fourth-order valence-corrected chi connectivity index (χ4v) is 2.27. The summed E-state index contributed by atoms with van der Waals surface area (Å²) in [5, 5.41) is 22.8. The minimum Gasteiger partial charge on any atom is -0.507 e. The molecule has 1 saturated heterocycles. The summed E-state index contributed by atoms with van der Waals surface area (Å²) in [4.78, 5) is 13.5. The van der Waals surface area contributed by atoms with Gasteiger partial charge in [0, 0.05) is 19.7 Å². The van der Waals surface area contributed by atoms with Crippen molar-refractivity contribution in [3.63, 3.8) is 0 Å². The van der Waals surface area contributed by atoms with Crippen molar-refractivity contribution >= 4 is 5.91 Å². The number of carbonyl (C=O) groups is 1. The average Bonchev–Trinajstić information content (AvgIpc) is 2.75. The van der Waals surface area contributed by atoms with E-state index in [1.165, 1.54) is 11.0 Å². The molecule has 104 valence electrons. The predicted octanol–water partition coefficient (Wildman–Crippen LogP) is 0.328. The van der Waals surface area contributed by atoms with Crippen LogP contribution in [-0.4, -0.2) is 53.3 Å².